The maximum Gasteiger partial charge on any atom is 0.466 e. The summed E-state index contributed by atoms with van der Waals surface area (Å²) in [6, 6.07) is 6.55. The molecule has 0 atom stereocenters. The smallest absolute Gasteiger partial charge is 0.392 e. The van der Waals surface area contributed by atoms with Gasteiger partial charge in [0, 0.05) is 12.8 Å². The first-order chi connectivity index (χ1) is 11.9. The van der Waals surface area contributed by atoms with E-state index in [9.17, 15) is 35.5 Å². The summed E-state index contributed by atoms with van der Waals surface area (Å²) in [4.78, 5) is 11.5. The second-order valence-electron chi connectivity index (χ2n) is 5.86. The lowest BCUT2D eigenvalue weighted by atomic mass is 10.1. The molecule has 0 saturated heterocycles. The lowest BCUT2D eigenvalue weighted by Crippen LogP contribution is -2.44. The molecule has 1 aromatic rings. The van der Waals surface area contributed by atoms with Crippen molar-refractivity contribution in [2.45, 2.75) is 63.2 Å². The SMILES string of the molecule is O=C(OC(F)(F)C(F)(F)CCCCCCCC(F)(F)F)c1ccccc1. The number of halogens is 7. The van der Waals surface area contributed by atoms with E-state index in [0.29, 0.717) is 0 Å². The number of unbranched alkanes of at least 4 members (excludes halogenated alkanes) is 4. The minimum Gasteiger partial charge on any atom is -0.392 e. The topological polar surface area (TPSA) is 26.3 Å². The van der Waals surface area contributed by atoms with Crippen LogP contribution >= 0.6 is 0 Å². The highest BCUT2D eigenvalue weighted by Gasteiger charge is 2.59. The van der Waals surface area contributed by atoms with Gasteiger partial charge in [-0.05, 0) is 25.0 Å². The van der Waals surface area contributed by atoms with Crippen LogP contribution < -0.4 is 0 Å². The molecule has 0 fully saturated rings. The van der Waals surface area contributed by atoms with E-state index in [1.807, 2.05) is 0 Å². The van der Waals surface area contributed by atoms with Crippen molar-refractivity contribution in [2.24, 2.45) is 0 Å². The number of carbonyl (C=O) groups is 1. The molecule has 0 aliphatic carbocycles. The summed E-state index contributed by atoms with van der Waals surface area (Å²) in [6.07, 6.45) is -11.4. The maximum atomic E-state index is 13.6. The number of carbonyl (C=O) groups excluding carboxylic acids is 1. The molecule has 0 aliphatic heterocycles. The number of hydrogen-bond donors (Lipinski definition) is 0. The molecule has 0 aliphatic rings. The van der Waals surface area contributed by atoms with E-state index in [0.717, 1.165) is 12.1 Å². The number of rotatable bonds is 10. The normalized spacial score (nSPS) is 12.9. The van der Waals surface area contributed by atoms with Crippen LogP contribution in [0.1, 0.15) is 55.3 Å². The molecule has 0 spiro atoms. The average molecular weight is 388 g/mol. The van der Waals surface area contributed by atoms with Gasteiger partial charge in [0.05, 0.1) is 5.56 Å². The first-order valence-corrected chi connectivity index (χ1v) is 8.05. The van der Waals surface area contributed by atoms with E-state index >= 15 is 0 Å². The Labute approximate surface area is 146 Å². The zero-order valence-electron chi connectivity index (χ0n) is 13.8. The second kappa shape index (κ2) is 9.23. The van der Waals surface area contributed by atoms with Crippen LogP contribution in [0.25, 0.3) is 0 Å². The van der Waals surface area contributed by atoms with Crippen molar-refractivity contribution < 1.29 is 40.3 Å². The molecule has 0 unspecified atom stereocenters. The van der Waals surface area contributed by atoms with Crippen LogP contribution in [0.15, 0.2) is 30.3 Å². The van der Waals surface area contributed by atoms with Gasteiger partial charge in [0.25, 0.3) is 0 Å². The Morgan fingerprint density at radius 2 is 1.27 bits per heavy atom. The summed E-state index contributed by atoms with van der Waals surface area (Å²) < 4.78 is 93.9. The number of esters is 1. The Hall–Kier alpha value is -1.80. The average Bonchev–Trinajstić information content (AvgIpc) is 2.53. The summed E-state index contributed by atoms with van der Waals surface area (Å²) in [5.41, 5.74) is -0.285. The van der Waals surface area contributed by atoms with Gasteiger partial charge in [0.2, 0.25) is 0 Å². The van der Waals surface area contributed by atoms with Gasteiger partial charge in [-0.3, -0.25) is 0 Å². The van der Waals surface area contributed by atoms with Crippen molar-refractivity contribution in [3.05, 3.63) is 35.9 Å². The Kier molecular flexibility index (Phi) is 7.89. The van der Waals surface area contributed by atoms with Crippen molar-refractivity contribution in [2.75, 3.05) is 0 Å². The van der Waals surface area contributed by atoms with E-state index in [2.05, 4.69) is 4.74 Å². The number of benzene rings is 1. The van der Waals surface area contributed by atoms with E-state index in [1.54, 1.807) is 0 Å². The van der Waals surface area contributed by atoms with Crippen molar-refractivity contribution in [3.63, 3.8) is 0 Å². The van der Waals surface area contributed by atoms with Gasteiger partial charge in [-0.2, -0.15) is 30.7 Å². The highest BCUT2D eigenvalue weighted by Crippen LogP contribution is 2.40. The van der Waals surface area contributed by atoms with Crippen LogP contribution in [-0.2, 0) is 4.74 Å². The van der Waals surface area contributed by atoms with Gasteiger partial charge in [0.15, 0.2) is 0 Å². The monoisotopic (exact) mass is 388 g/mol. The maximum absolute atomic E-state index is 13.6. The van der Waals surface area contributed by atoms with Crippen LogP contribution in [0.2, 0.25) is 0 Å². The summed E-state index contributed by atoms with van der Waals surface area (Å²) >= 11 is 0. The van der Waals surface area contributed by atoms with E-state index in [1.165, 1.54) is 18.2 Å². The van der Waals surface area contributed by atoms with E-state index in [4.69, 9.17) is 0 Å². The second-order valence-corrected chi connectivity index (χ2v) is 5.86. The molecule has 1 aromatic carbocycles. The Morgan fingerprint density at radius 1 is 0.769 bits per heavy atom. The summed E-state index contributed by atoms with van der Waals surface area (Å²) in [5, 5.41) is 0. The summed E-state index contributed by atoms with van der Waals surface area (Å²) in [5.74, 6) is -6.13. The lowest BCUT2D eigenvalue weighted by Gasteiger charge is -2.25. The molecule has 0 N–H and O–H groups in total. The summed E-state index contributed by atoms with van der Waals surface area (Å²) in [7, 11) is 0. The van der Waals surface area contributed by atoms with Gasteiger partial charge in [-0.1, -0.05) is 37.5 Å². The Morgan fingerprint density at radius 3 is 1.81 bits per heavy atom. The molecule has 9 heteroatoms. The van der Waals surface area contributed by atoms with Crippen molar-refractivity contribution in [1.29, 1.82) is 0 Å². The van der Waals surface area contributed by atoms with Crippen LogP contribution in [-0.4, -0.2) is 24.2 Å². The molecule has 0 saturated carbocycles. The van der Waals surface area contributed by atoms with E-state index < -0.39 is 37.0 Å². The molecule has 0 radical (unpaired) electrons. The van der Waals surface area contributed by atoms with Gasteiger partial charge in [-0.25, -0.2) is 4.79 Å². The van der Waals surface area contributed by atoms with Crippen LogP contribution in [0.4, 0.5) is 30.7 Å². The molecule has 2 nitrogen and oxygen atoms in total. The number of hydrogen-bond acceptors (Lipinski definition) is 2. The molecule has 1 rings (SSSR count). The molecule has 148 valence electrons. The van der Waals surface area contributed by atoms with Gasteiger partial charge in [0.1, 0.15) is 0 Å². The molecule has 0 amide bonds. The predicted molar refractivity (Wildman–Crippen MR) is 80.1 cm³/mol. The fourth-order valence-electron chi connectivity index (χ4n) is 2.17. The van der Waals surface area contributed by atoms with Gasteiger partial charge >= 0.3 is 24.2 Å². The molecule has 0 bridgehead atoms. The summed E-state index contributed by atoms with van der Waals surface area (Å²) in [6.45, 7) is 0. The highest BCUT2D eigenvalue weighted by molar-refractivity contribution is 5.89. The Bertz CT molecular complexity index is 556. The van der Waals surface area contributed by atoms with Crippen LogP contribution in [0.3, 0.4) is 0 Å². The van der Waals surface area contributed by atoms with Crippen molar-refractivity contribution >= 4 is 5.97 Å². The third-order valence-electron chi connectivity index (χ3n) is 3.61. The molecule has 0 heterocycles. The van der Waals surface area contributed by atoms with E-state index in [-0.39, 0.29) is 37.7 Å². The Balaban J connectivity index is 2.39. The third-order valence-corrected chi connectivity index (χ3v) is 3.61. The first kappa shape index (κ1) is 22.2. The minimum atomic E-state index is -4.98. The minimum absolute atomic E-state index is 0.0795. The third kappa shape index (κ3) is 7.61. The predicted octanol–water partition coefficient (Wildman–Crippen LogP) is 6.36. The molecule has 0 aromatic heterocycles. The number of ether oxygens (including phenoxy) is 1. The largest absolute Gasteiger partial charge is 0.466 e. The van der Waals surface area contributed by atoms with Crippen molar-refractivity contribution in [3.8, 4) is 0 Å². The van der Waals surface area contributed by atoms with Crippen molar-refractivity contribution in [1.82, 2.24) is 0 Å². The van der Waals surface area contributed by atoms with Gasteiger partial charge in [-0.15, -0.1) is 0 Å². The molecular weight excluding hydrogens is 369 g/mol. The quantitative estimate of drug-likeness (QED) is 0.265. The van der Waals surface area contributed by atoms with Gasteiger partial charge < -0.3 is 4.74 Å². The standard InChI is InChI=1S/C17H19F7O2/c18-15(19,11-7-2-1-3-8-12-16(20,21)22)17(23,24)26-14(25)13-9-5-4-6-10-13/h4-6,9-10H,1-3,7-8,11-12H2. The first-order valence-electron chi connectivity index (χ1n) is 8.05. The van der Waals surface area contributed by atoms with Crippen LogP contribution in [0.5, 0.6) is 0 Å². The fraction of sp³-hybridized carbons (Fsp3) is 0.588. The lowest BCUT2D eigenvalue weighted by molar-refractivity contribution is -0.323. The fourth-order valence-corrected chi connectivity index (χ4v) is 2.17. The zero-order chi connectivity index (χ0) is 19.8. The number of alkyl halides is 7. The van der Waals surface area contributed by atoms with Crippen LogP contribution in [0, 0.1) is 0 Å². The molecular formula is C17H19F7O2. The zero-order valence-corrected chi connectivity index (χ0v) is 13.8. The highest BCUT2D eigenvalue weighted by atomic mass is 19.4. The molecule has 26 heavy (non-hydrogen) atoms.